The first-order chi connectivity index (χ1) is 24.4. The van der Waals surface area contributed by atoms with Gasteiger partial charge in [0, 0.05) is 38.5 Å². The highest BCUT2D eigenvalue weighted by molar-refractivity contribution is 6.25. The minimum absolute atomic E-state index is 0.142. The van der Waals surface area contributed by atoms with Crippen molar-refractivity contribution < 1.29 is 40.6 Å². The van der Waals surface area contributed by atoms with Crippen LogP contribution in [0.4, 0.5) is 26.3 Å². The van der Waals surface area contributed by atoms with Crippen LogP contribution in [0.15, 0.2) is 121 Å². The van der Waals surface area contributed by atoms with Gasteiger partial charge in [-0.3, -0.25) is 0 Å². The maximum Gasteiger partial charge on any atom is 0.416 e. The summed E-state index contributed by atoms with van der Waals surface area (Å²) >= 11 is 0. The van der Waals surface area contributed by atoms with Gasteiger partial charge < -0.3 is 18.8 Å². The number of halogens is 6. The molecule has 8 rings (SSSR count). The quantitative estimate of drug-likeness (QED) is 0.168. The van der Waals surface area contributed by atoms with Crippen molar-refractivity contribution in [3.05, 3.63) is 149 Å². The minimum atomic E-state index is -5.03. The van der Waals surface area contributed by atoms with Crippen molar-refractivity contribution in [2.45, 2.75) is 18.0 Å². The maximum absolute atomic E-state index is 14.2. The molecule has 0 radical (unpaired) electrons. The molecule has 0 amide bonds. The summed E-state index contributed by atoms with van der Waals surface area (Å²) in [5, 5.41) is 2.77. The Kier molecular flexibility index (Phi) is 7.34. The Labute approximate surface area is 287 Å². The number of para-hydroxylation sites is 1. The molecule has 0 fully saturated rings. The highest BCUT2D eigenvalue weighted by Crippen LogP contribution is 2.51. The molecule has 0 N–H and O–H groups in total. The molecule has 0 unspecified atom stereocenters. The Hall–Kier alpha value is -5.90. The highest BCUT2D eigenvalue weighted by atomic mass is 19.4. The molecule has 10 heteroatoms. The van der Waals surface area contributed by atoms with E-state index in [1.165, 1.54) is 4.57 Å². The molecule has 1 aromatic heterocycles. The molecule has 256 valence electrons. The topological polar surface area (TPSA) is 32.6 Å². The van der Waals surface area contributed by atoms with Crippen molar-refractivity contribution in [3.8, 4) is 22.9 Å². The Morgan fingerprint density at radius 3 is 1.65 bits per heavy atom. The average molecular weight is 696 g/mol. The molecule has 0 spiro atoms. The van der Waals surface area contributed by atoms with E-state index in [4.69, 9.17) is 14.2 Å². The van der Waals surface area contributed by atoms with E-state index in [9.17, 15) is 26.3 Å². The molecule has 51 heavy (non-hydrogen) atoms. The van der Waals surface area contributed by atoms with Crippen LogP contribution in [0.2, 0.25) is 0 Å². The molecule has 0 saturated heterocycles. The Morgan fingerprint density at radius 1 is 0.608 bits per heavy atom. The predicted octanol–water partition coefficient (Wildman–Crippen LogP) is 11.3. The first-order valence-electron chi connectivity index (χ1n) is 15.9. The number of fused-ring (bicyclic) bond motifs is 8. The molecule has 0 bridgehead atoms. The second kappa shape index (κ2) is 11.6. The maximum atomic E-state index is 14.2. The van der Waals surface area contributed by atoms with Crippen LogP contribution in [0.3, 0.4) is 0 Å². The van der Waals surface area contributed by atoms with Gasteiger partial charge in [-0.1, -0.05) is 66.7 Å². The lowest BCUT2D eigenvalue weighted by molar-refractivity contribution is -0.143. The van der Waals surface area contributed by atoms with Crippen molar-refractivity contribution in [3.63, 3.8) is 0 Å². The first-order valence-corrected chi connectivity index (χ1v) is 15.9. The summed E-state index contributed by atoms with van der Waals surface area (Å²) in [5.74, 6) is 1.69. The summed E-state index contributed by atoms with van der Waals surface area (Å²) in [4.78, 5) is 0. The number of rotatable bonds is 5. The second-order valence-corrected chi connectivity index (χ2v) is 12.3. The zero-order valence-corrected chi connectivity index (χ0v) is 27.1. The molecular weight excluding hydrogens is 668 g/mol. The number of aromatic nitrogens is 1. The summed E-state index contributed by atoms with van der Waals surface area (Å²) in [5.41, 5.74) is -1.42. The smallest absolute Gasteiger partial charge is 0.416 e. The summed E-state index contributed by atoms with van der Waals surface area (Å²) in [6, 6.07) is 31.0. The monoisotopic (exact) mass is 695 g/mol. The van der Waals surface area contributed by atoms with E-state index < -0.39 is 29.1 Å². The van der Waals surface area contributed by atoms with Crippen LogP contribution in [-0.4, -0.2) is 18.8 Å². The van der Waals surface area contributed by atoms with Crippen LogP contribution in [-0.2, 0) is 18.0 Å². The Balaban J connectivity index is 1.49. The third-order valence-electron chi connectivity index (χ3n) is 9.43. The van der Waals surface area contributed by atoms with E-state index >= 15 is 0 Å². The molecule has 2 heterocycles. The molecular formula is C41H27F6NO3. The van der Waals surface area contributed by atoms with E-state index in [0.717, 1.165) is 34.0 Å². The van der Waals surface area contributed by atoms with E-state index in [-0.39, 0.29) is 11.8 Å². The van der Waals surface area contributed by atoms with Crippen molar-refractivity contribution >= 4 is 38.7 Å². The lowest BCUT2D eigenvalue weighted by atomic mass is 9.82. The fraction of sp³-hybridized carbons (Fsp3) is 0.122. The number of alkyl halides is 6. The Morgan fingerprint density at radius 2 is 1.12 bits per heavy atom. The number of hydrogen-bond acceptors (Lipinski definition) is 3. The minimum Gasteiger partial charge on any atom is -0.497 e. The van der Waals surface area contributed by atoms with E-state index in [1.807, 2.05) is 91.0 Å². The molecule has 1 aliphatic heterocycles. The molecule has 0 atom stereocenters. The zero-order valence-electron chi connectivity index (χ0n) is 27.1. The molecule has 4 nitrogen and oxygen atoms in total. The number of hydrogen-bond donors (Lipinski definition) is 0. The van der Waals surface area contributed by atoms with Crippen LogP contribution >= 0.6 is 0 Å². The molecule has 1 aliphatic rings. The Bertz CT molecular complexity index is 2410. The summed E-state index contributed by atoms with van der Waals surface area (Å²) in [7, 11) is 3.14. The van der Waals surface area contributed by atoms with Gasteiger partial charge in [-0.2, -0.15) is 26.3 Å². The van der Waals surface area contributed by atoms with E-state index in [1.54, 1.807) is 32.4 Å². The standard InChI is InChI=1S/C41H27F6NO3/c1-49-29-15-11-24(12-16-29)39(25-13-17-30(50-2)18-14-25)20-19-34-37-36(31-7-3-4-8-32(31)38(34)51-39)33-9-5-6-10-35(33)48(37)28-22-26(40(42,43)44)21-27(23-28)41(45,46)47/h3-23H,1-2H3. The molecule has 6 aromatic carbocycles. The van der Waals surface area contributed by atoms with E-state index in [2.05, 4.69) is 0 Å². The van der Waals surface area contributed by atoms with Crippen LogP contribution in [0.5, 0.6) is 17.2 Å². The van der Waals surface area contributed by atoms with Crippen molar-refractivity contribution in [1.29, 1.82) is 0 Å². The highest BCUT2D eigenvalue weighted by Gasteiger charge is 2.40. The third kappa shape index (κ3) is 5.16. The first kappa shape index (κ1) is 32.3. The number of ether oxygens (including phenoxy) is 3. The lowest BCUT2D eigenvalue weighted by Crippen LogP contribution is -2.34. The van der Waals surface area contributed by atoms with Crippen LogP contribution in [0.1, 0.15) is 27.8 Å². The predicted molar refractivity (Wildman–Crippen MR) is 185 cm³/mol. The molecule has 0 aliphatic carbocycles. The lowest BCUT2D eigenvalue weighted by Gasteiger charge is -2.37. The van der Waals surface area contributed by atoms with Crippen molar-refractivity contribution in [2.75, 3.05) is 14.2 Å². The largest absolute Gasteiger partial charge is 0.497 e. The van der Waals surface area contributed by atoms with E-state index in [0.29, 0.717) is 44.6 Å². The van der Waals surface area contributed by atoms with Gasteiger partial charge in [0.05, 0.1) is 36.4 Å². The summed E-state index contributed by atoms with van der Waals surface area (Å²) in [6.07, 6.45) is -6.35. The normalized spacial score (nSPS) is 14.1. The van der Waals surface area contributed by atoms with Gasteiger partial charge in [-0.15, -0.1) is 0 Å². The molecule has 0 saturated carbocycles. The van der Waals surface area contributed by atoms with Gasteiger partial charge in [-0.25, -0.2) is 0 Å². The van der Waals surface area contributed by atoms with Crippen molar-refractivity contribution in [2.24, 2.45) is 0 Å². The van der Waals surface area contributed by atoms with Crippen LogP contribution in [0.25, 0.3) is 44.3 Å². The van der Waals surface area contributed by atoms with Crippen molar-refractivity contribution in [1.82, 2.24) is 4.57 Å². The fourth-order valence-electron chi connectivity index (χ4n) is 7.07. The van der Waals surface area contributed by atoms with Gasteiger partial charge in [-0.05, 0) is 66.1 Å². The number of benzene rings is 6. The molecule has 7 aromatic rings. The second-order valence-electron chi connectivity index (χ2n) is 12.3. The zero-order chi connectivity index (χ0) is 35.7. The van der Waals surface area contributed by atoms with Gasteiger partial charge in [0.25, 0.3) is 0 Å². The van der Waals surface area contributed by atoms with Crippen LogP contribution in [0, 0.1) is 0 Å². The summed E-state index contributed by atoms with van der Waals surface area (Å²) in [6.45, 7) is 0. The van der Waals surface area contributed by atoms with Gasteiger partial charge in [0.1, 0.15) is 17.2 Å². The van der Waals surface area contributed by atoms with Gasteiger partial charge in [0.15, 0.2) is 5.60 Å². The van der Waals surface area contributed by atoms with Gasteiger partial charge in [0.2, 0.25) is 0 Å². The summed E-state index contributed by atoms with van der Waals surface area (Å²) < 4.78 is 104. The number of methoxy groups -OCH3 is 2. The SMILES string of the molecule is COc1ccc(C2(c3ccc(OC)cc3)C=Cc3c(c4ccccc4c4c5ccccc5n(-c5cc(C(F)(F)F)cc(C(F)(F)F)c5)c34)O2)cc1. The number of nitrogens with zero attached hydrogens (tertiary/aromatic N) is 1. The average Bonchev–Trinajstić information content (AvgIpc) is 3.49. The van der Waals surface area contributed by atoms with Crippen LogP contribution < -0.4 is 14.2 Å². The van der Waals surface area contributed by atoms with Gasteiger partial charge >= 0.3 is 12.4 Å². The fourth-order valence-corrected chi connectivity index (χ4v) is 7.07. The third-order valence-corrected chi connectivity index (χ3v) is 9.43.